The Bertz CT molecular complexity index is 752. The number of nitrogens with one attached hydrogen (secondary N) is 4. The quantitative estimate of drug-likeness (QED) is 0.205. The molecular formula is C18H23N5O3S. The van der Waals surface area contributed by atoms with E-state index in [4.69, 9.17) is 11.1 Å². The first kappa shape index (κ1) is 19.2. The van der Waals surface area contributed by atoms with Crippen LogP contribution in [0.5, 0.6) is 0 Å². The number of benzene rings is 1. The van der Waals surface area contributed by atoms with E-state index >= 15 is 0 Å². The van der Waals surface area contributed by atoms with Crippen molar-refractivity contribution >= 4 is 35.4 Å². The molecule has 0 saturated carbocycles. The number of amidine groups is 1. The molecule has 3 rings (SSSR count). The van der Waals surface area contributed by atoms with Gasteiger partial charge in [0.2, 0.25) is 5.91 Å². The van der Waals surface area contributed by atoms with Gasteiger partial charge in [-0.3, -0.25) is 20.3 Å². The van der Waals surface area contributed by atoms with Gasteiger partial charge in [0.25, 0.3) is 5.91 Å². The second-order valence-electron chi connectivity index (χ2n) is 6.74. The highest BCUT2D eigenvalue weighted by molar-refractivity contribution is 8.00. The van der Waals surface area contributed by atoms with Crippen molar-refractivity contribution in [3.8, 4) is 0 Å². The average molecular weight is 389 g/mol. The van der Waals surface area contributed by atoms with Crippen molar-refractivity contribution in [2.24, 2.45) is 5.73 Å². The number of imide groups is 1. The van der Waals surface area contributed by atoms with E-state index in [1.165, 1.54) is 12.1 Å². The average Bonchev–Trinajstić information content (AvgIpc) is 3.18. The molecule has 0 aliphatic carbocycles. The maximum Gasteiger partial charge on any atom is 0.315 e. The summed E-state index contributed by atoms with van der Waals surface area (Å²) in [6.07, 6.45) is 2.78. The molecule has 0 bridgehead atoms. The normalized spacial score (nSPS) is 23.3. The lowest BCUT2D eigenvalue weighted by Gasteiger charge is -2.16. The van der Waals surface area contributed by atoms with Gasteiger partial charge in [-0.15, -0.1) is 0 Å². The summed E-state index contributed by atoms with van der Waals surface area (Å²) in [4.78, 5) is 35.4. The fraction of sp³-hybridized carbons (Fsp3) is 0.444. The first-order valence-corrected chi connectivity index (χ1v) is 9.96. The number of carbonyl (C=O) groups excluding carboxylic acids is 3. The Hall–Kier alpha value is -2.55. The van der Waals surface area contributed by atoms with E-state index in [1.807, 2.05) is 11.8 Å². The molecule has 1 aromatic carbocycles. The van der Waals surface area contributed by atoms with Gasteiger partial charge in [0.05, 0.1) is 12.1 Å². The first-order chi connectivity index (χ1) is 12.9. The van der Waals surface area contributed by atoms with Crippen molar-refractivity contribution in [1.29, 1.82) is 5.41 Å². The molecule has 0 spiro atoms. The molecule has 6 N–H and O–H groups in total. The lowest BCUT2D eigenvalue weighted by Crippen LogP contribution is -2.36. The Labute approximate surface area is 161 Å². The molecule has 144 valence electrons. The van der Waals surface area contributed by atoms with Crippen LogP contribution in [0.2, 0.25) is 0 Å². The Morgan fingerprint density at radius 3 is 2.59 bits per heavy atom. The topological polar surface area (TPSA) is 137 Å². The van der Waals surface area contributed by atoms with E-state index in [0.717, 1.165) is 18.6 Å². The van der Waals surface area contributed by atoms with Crippen LogP contribution in [0.25, 0.3) is 0 Å². The van der Waals surface area contributed by atoms with Gasteiger partial charge in [0.1, 0.15) is 5.84 Å². The summed E-state index contributed by atoms with van der Waals surface area (Å²) in [5.41, 5.74) is 6.25. The molecule has 2 fully saturated rings. The number of unbranched alkanes of at least 4 members (excludes halogenated alkanes) is 1. The zero-order valence-electron chi connectivity index (χ0n) is 14.8. The first-order valence-electron chi connectivity index (χ1n) is 8.91. The van der Waals surface area contributed by atoms with Crippen molar-refractivity contribution in [3.05, 3.63) is 35.4 Å². The molecular weight excluding hydrogens is 366 g/mol. The summed E-state index contributed by atoms with van der Waals surface area (Å²) >= 11 is 1.85. The number of hydrogen-bond donors (Lipinski definition) is 5. The third-order valence-electron chi connectivity index (χ3n) is 4.79. The van der Waals surface area contributed by atoms with Crippen LogP contribution in [-0.2, 0) is 4.79 Å². The second-order valence-corrected chi connectivity index (χ2v) is 8.01. The van der Waals surface area contributed by atoms with E-state index in [9.17, 15) is 14.4 Å². The molecule has 9 heteroatoms. The lowest BCUT2D eigenvalue weighted by molar-refractivity contribution is -0.120. The Morgan fingerprint density at radius 2 is 1.89 bits per heavy atom. The largest absolute Gasteiger partial charge is 0.384 e. The van der Waals surface area contributed by atoms with Gasteiger partial charge in [-0.2, -0.15) is 11.8 Å². The van der Waals surface area contributed by atoms with Crippen molar-refractivity contribution in [1.82, 2.24) is 16.0 Å². The summed E-state index contributed by atoms with van der Waals surface area (Å²) < 4.78 is 0. The van der Waals surface area contributed by atoms with Gasteiger partial charge in [0.15, 0.2) is 0 Å². The monoisotopic (exact) mass is 389 g/mol. The third-order valence-corrected chi connectivity index (χ3v) is 6.30. The number of nitrogen functional groups attached to an aromatic ring is 1. The van der Waals surface area contributed by atoms with E-state index in [-0.39, 0.29) is 36.3 Å². The van der Waals surface area contributed by atoms with E-state index in [1.54, 1.807) is 12.1 Å². The third kappa shape index (κ3) is 4.79. The van der Waals surface area contributed by atoms with Crippen LogP contribution in [0.15, 0.2) is 24.3 Å². The number of amides is 4. The van der Waals surface area contributed by atoms with Gasteiger partial charge in [0, 0.05) is 28.6 Å². The van der Waals surface area contributed by atoms with E-state index in [0.29, 0.717) is 22.8 Å². The highest BCUT2D eigenvalue weighted by atomic mass is 32.2. The summed E-state index contributed by atoms with van der Waals surface area (Å²) in [7, 11) is 0. The standard InChI is InChI=1S/C18H23N5O3S/c19-16(20)10-5-7-11(8-6-10)17(25)22-14(24)4-2-1-3-13-15-12(9-27-13)21-18(26)23-15/h5-8,12-13,15H,1-4,9H2,(H3,19,20)(H2,21,23,26)(H,22,24,25). The van der Waals surface area contributed by atoms with Crippen molar-refractivity contribution < 1.29 is 14.4 Å². The minimum Gasteiger partial charge on any atom is -0.384 e. The zero-order valence-corrected chi connectivity index (χ0v) is 15.6. The molecule has 27 heavy (non-hydrogen) atoms. The number of rotatable bonds is 7. The number of hydrogen-bond acceptors (Lipinski definition) is 5. The smallest absolute Gasteiger partial charge is 0.315 e. The van der Waals surface area contributed by atoms with Gasteiger partial charge in [-0.25, -0.2) is 4.79 Å². The molecule has 8 nitrogen and oxygen atoms in total. The van der Waals surface area contributed by atoms with Crippen LogP contribution < -0.4 is 21.7 Å². The highest BCUT2D eigenvalue weighted by Gasteiger charge is 2.42. The Balaban J connectivity index is 1.36. The van der Waals surface area contributed by atoms with Crippen LogP contribution in [0.3, 0.4) is 0 Å². The minimum atomic E-state index is -0.455. The molecule has 0 aromatic heterocycles. The van der Waals surface area contributed by atoms with E-state index < -0.39 is 5.91 Å². The molecule has 2 saturated heterocycles. The summed E-state index contributed by atoms with van der Waals surface area (Å²) in [5, 5.41) is 15.9. The molecule has 4 amide bonds. The van der Waals surface area contributed by atoms with Crippen LogP contribution in [0.4, 0.5) is 4.79 Å². The fourth-order valence-electron chi connectivity index (χ4n) is 3.34. The Kier molecular flexibility index (Phi) is 6.00. The molecule has 0 radical (unpaired) electrons. The van der Waals surface area contributed by atoms with Crippen molar-refractivity contribution in [3.63, 3.8) is 0 Å². The summed E-state index contributed by atoms with van der Waals surface area (Å²) in [5.74, 6) is 0.0936. The second kappa shape index (κ2) is 8.43. The predicted molar refractivity (Wildman–Crippen MR) is 104 cm³/mol. The molecule has 3 atom stereocenters. The van der Waals surface area contributed by atoms with Crippen molar-refractivity contribution in [2.45, 2.75) is 43.0 Å². The van der Waals surface area contributed by atoms with Crippen LogP contribution in [-0.4, -0.2) is 46.8 Å². The van der Waals surface area contributed by atoms with Gasteiger partial charge in [-0.05, 0) is 25.0 Å². The van der Waals surface area contributed by atoms with Crippen molar-refractivity contribution in [2.75, 3.05) is 5.75 Å². The van der Waals surface area contributed by atoms with Gasteiger partial charge >= 0.3 is 6.03 Å². The summed E-state index contributed by atoms with van der Waals surface area (Å²) in [6, 6.07) is 6.52. The maximum absolute atomic E-state index is 12.1. The number of thioether (sulfide) groups is 1. The zero-order chi connectivity index (χ0) is 19.4. The molecule has 2 aliphatic heterocycles. The number of fused-ring (bicyclic) bond motifs is 1. The van der Waals surface area contributed by atoms with Crippen LogP contribution >= 0.6 is 11.8 Å². The van der Waals surface area contributed by atoms with Crippen LogP contribution in [0, 0.1) is 5.41 Å². The van der Waals surface area contributed by atoms with Crippen LogP contribution in [0.1, 0.15) is 41.6 Å². The van der Waals surface area contributed by atoms with E-state index in [2.05, 4.69) is 16.0 Å². The number of urea groups is 1. The Morgan fingerprint density at radius 1 is 1.19 bits per heavy atom. The minimum absolute atomic E-state index is 0.0715. The molecule has 1 aromatic rings. The molecule has 3 unspecified atom stereocenters. The maximum atomic E-state index is 12.1. The fourth-order valence-corrected chi connectivity index (χ4v) is 4.88. The SMILES string of the molecule is N=C(N)c1ccc(C(=O)NC(=O)CCCCC2SCC3NC(=O)NC32)cc1. The lowest BCUT2D eigenvalue weighted by atomic mass is 10.0. The van der Waals surface area contributed by atoms with Gasteiger partial charge in [-0.1, -0.05) is 18.6 Å². The predicted octanol–water partition coefficient (Wildman–Crippen LogP) is 0.953. The number of nitrogens with two attached hydrogens (primary N) is 1. The number of carbonyl (C=O) groups is 3. The van der Waals surface area contributed by atoms with Gasteiger partial charge < -0.3 is 16.4 Å². The molecule has 2 aliphatic rings. The molecule has 2 heterocycles. The summed E-state index contributed by atoms with van der Waals surface area (Å²) in [6.45, 7) is 0. The highest BCUT2D eigenvalue weighted by Crippen LogP contribution is 2.33.